The molecule has 5 rings (SSSR count). The fourth-order valence-electron chi connectivity index (χ4n) is 5.11. The number of benzene rings is 3. The zero-order valence-electron chi connectivity index (χ0n) is 24.9. The van der Waals surface area contributed by atoms with Crippen LogP contribution in [0.5, 0.6) is 5.75 Å². The molecule has 0 spiro atoms. The summed E-state index contributed by atoms with van der Waals surface area (Å²) in [4.78, 5) is 47.6. The quantitative estimate of drug-likeness (QED) is 0.131. The Labute approximate surface area is 274 Å². The van der Waals surface area contributed by atoms with E-state index in [-0.39, 0.29) is 5.78 Å². The maximum absolute atomic E-state index is 13.6. The highest BCUT2D eigenvalue weighted by molar-refractivity contribution is 7.22. The molecule has 1 aliphatic rings. The van der Waals surface area contributed by atoms with Crippen LogP contribution in [-0.2, 0) is 14.4 Å². The first kappa shape index (κ1) is 34.6. The highest BCUT2D eigenvalue weighted by Gasteiger charge is 2.40. The van der Waals surface area contributed by atoms with Crippen LogP contribution in [0.1, 0.15) is 48.0 Å². The highest BCUT2D eigenvalue weighted by Crippen LogP contribution is 2.40. The third-order valence-electron chi connectivity index (χ3n) is 7.46. The molecule has 10 nitrogen and oxygen atoms in total. The zero-order valence-corrected chi connectivity index (χ0v) is 26.4. The number of thiophene rings is 1. The Balaban J connectivity index is 0.000000315. The van der Waals surface area contributed by atoms with Crippen LogP contribution >= 0.6 is 22.9 Å². The normalized spacial score (nSPS) is 13.4. The van der Waals surface area contributed by atoms with Crippen molar-refractivity contribution in [3.05, 3.63) is 88.9 Å². The average molecular weight is 668 g/mol. The molecule has 4 aromatic rings. The van der Waals surface area contributed by atoms with E-state index in [1.165, 1.54) is 32.4 Å². The van der Waals surface area contributed by atoms with Crippen LogP contribution in [0, 0.1) is 0 Å². The molecule has 12 heteroatoms. The van der Waals surface area contributed by atoms with Gasteiger partial charge in [0, 0.05) is 37.7 Å². The van der Waals surface area contributed by atoms with E-state index in [4.69, 9.17) is 36.8 Å². The highest BCUT2D eigenvalue weighted by atomic mass is 35.5. The summed E-state index contributed by atoms with van der Waals surface area (Å²) < 4.78 is 7.05. The van der Waals surface area contributed by atoms with E-state index in [1.807, 2.05) is 66.7 Å². The maximum atomic E-state index is 13.6. The molecule has 3 aromatic carbocycles. The van der Waals surface area contributed by atoms with Gasteiger partial charge in [-0.2, -0.15) is 0 Å². The molecule has 1 fully saturated rings. The number of carbonyl (C=O) groups excluding carboxylic acids is 1. The van der Waals surface area contributed by atoms with Crippen LogP contribution < -0.4 is 4.74 Å². The second kappa shape index (κ2) is 15.8. The number of hydrogen-bond acceptors (Lipinski definition) is 8. The summed E-state index contributed by atoms with van der Waals surface area (Å²) >= 11 is 7.73. The van der Waals surface area contributed by atoms with Crippen LogP contribution in [0.2, 0.25) is 5.02 Å². The van der Waals surface area contributed by atoms with Crippen LogP contribution in [0.25, 0.3) is 20.5 Å². The number of ketones is 1. The molecule has 46 heavy (non-hydrogen) atoms. The SMILES string of the molecule is O=C(O)CC(O)(CC(=O)O)C(=O)O.O=C(c1ccc(OCCN2CCCCC2)cc1)c1c(-c2ccc(Cl)cc2)sc2ccccc12. The summed E-state index contributed by atoms with van der Waals surface area (Å²) in [7, 11) is 0. The molecule has 0 amide bonds. The molecule has 0 atom stereocenters. The lowest BCUT2D eigenvalue weighted by atomic mass is 9.96. The van der Waals surface area contributed by atoms with Gasteiger partial charge in [-0.05, 0) is 74.0 Å². The lowest BCUT2D eigenvalue weighted by Crippen LogP contribution is -2.42. The fourth-order valence-corrected chi connectivity index (χ4v) is 6.44. The van der Waals surface area contributed by atoms with Gasteiger partial charge < -0.3 is 25.2 Å². The van der Waals surface area contributed by atoms with Gasteiger partial charge in [-0.3, -0.25) is 19.3 Å². The Bertz CT molecular complexity index is 1660. The van der Waals surface area contributed by atoms with E-state index < -0.39 is 36.4 Å². The van der Waals surface area contributed by atoms with E-state index in [1.54, 1.807) is 11.3 Å². The van der Waals surface area contributed by atoms with E-state index in [9.17, 15) is 19.2 Å². The number of carboxylic acids is 3. The van der Waals surface area contributed by atoms with Gasteiger partial charge in [0.15, 0.2) is 11.4 Å². The van der Waals surface area contributed by atoms with Gasteiger partial charge in [-0.1, -0.05) is 48.4 Å². The Morgan fingerprint density at radius 2 is 1.43 bits per heavy atom. The summed E-state index contributed by atoms with van der Waals surface area (Å²) in [6.45, 7) is 3.96. The summed E-state index contributed by atoms with van der Waals surface area (Å²) in [5, 5.41) is 35.5. The molecule has 0 saturated carbocycles. The Morgan fingerprint density at radius 3 is 2.02 bits per heavy atom. The zero-order chi connectivity index (χ0) is 33.3. The number of ether oxygens (including phenoxy) is 1. The van der Waals surface area contributed by atoms with E-state index in [2.05, 4.69) is 11.0 Å². The minimum absolute atomic E-state index is 0.0252. The van der Waals surface area contributed by atoms with E-state index in [0.29, 0.717) is 17.2 Å². The number of fused-ring (bicyclic) bond motifs is 1. The monoisotopic (exact) mass is 667 g/mol. The average Bonchev–Trinajstić information content (AvgIpc) is 3.41. The van der Waals surface area contributed by atoms with Crippen LogP contribution in [0.4, 0.5) is 0 Å². The molecule has 0 aliphatic carbocycles. The van der Waals surface area contributed by atoms with Crippen LogP contribution in [-0.4, -0.2) is 80.9 Å². The van der Waals surface area contributed by atoms with E-state index in [0.717, 1.165) is 38.4 Å². The standard InChI is InChI=1S/C28H26ClNO2S.C6H8O7/c29-22-12-8-21(9-13-22)28-26(24-6-2-3-7-25(24)33-28)27(31)20-10-14-23(15-11-20)32-19-18-30-16-4-1-5-17-30;7-3(8)1-6(13,5(11)12)2-4(9)10/h2-3,6-15H,1,4-5,16-19H2;13H,1-2H2,(H,7,8)(H,9,10)(H,11,12). The van der Waals surface area contributed by atoms with Gasteiger partial charge in [0.05, 0.1) is 12.8 Å². The van der Waals surface area contributed by atoms with Crippen molar-refractivity contribution in [1.29, 1.82) is 0 Å². The number of rotatable bonds is 12. The number of hydrogen-bond donors (Lipinski definition) is 4. The van der Waals surface area contributed by atoms with Gasteiger partial charge >= 0.3 is 17.9 Å². The van der Waals surface area contributed by atoms with Crippen molar-refractivity contribution in [2.24, 2.45) is 0 Å². The van der Waals surface area contributed by atoms with Crippen molar-refractivity contribution in [2.45, 2.75) is 37.7 Å². The Kier molecular flexibility index (Phi) is 11.9. The minimum Gasteiger partial charge on any atom is -0.492 e. The molecule has 1 saturated heterocycles. The molecule has 0 bridgehead atoms. The lowest BCUT2D eigenvalue weighted by Gasteiger charge is -2.26. The fraction of sp³-hybridized carbons (Fsp3) is 0.294. The van der Waals surface area contributed by atoms with Crippen molar-refractivity contribution >= 4 is 56.7 Å². The number of carbonyl (C=O) groups is 4. The third kappa shape index (κ3) is 9.13. The number of piperidine rings is 1. The number of nitrogens with zero attached hydrogens (tertiary/aromatic N) is 1. The number of aliphatic carboxylic acids is 3. The Morgan fingerprint density at radius 1 is 0.826 bits per heavy atom. The molecule has 1 aromatic heterocycles. The first-order chi connectivity index (χ1) is 22.0. The second-order valence-electron chi connectivity index (χ2n) is 10.9. The third-order valence-corrected chi connectivity index (χ3v) is 8.93. The predicted octanol–water partition coefficient (Wildman–Crippen LogP) is 6.07. The number of aliphatic hydroxyl groups is 1. The van der Waals surface area contributed by atoms with Crippen LogP contribution in [0.3, 0.4) is 0 Å². The number of likely N-dealkylation sites (tertiary alicyclic amines) is 1. The van der Waals surface area contributed by atoms with Crippen molar-refractivity contribution in [3.63, 3.8) is 0 Å². The van der Waals surface area contributed by atoms with Gasteiger partial charge in [-0.15, -0.1) is 11.3 Å². The molecular weight excluding hydrogens is 634 g/mol. The summed E-state index contributed by atoms with van der Waals surface area (Å²) in [5.74, 6) is -4.19. The molecular formula is C34H34ClNO9S. The molecule has 242 valence electrons. The predicted molar refractivity (Wildman–Crippen MR) is 175 cm³/mol. The molecule has 1 aliphatic heterocycles. The smallest absolute Gasteiger partial charge is 0.336 e. The van der Waals surface area contributed by atoms with Gasteiger partial charge in [0.2, 0.25) is 0 Å². The molecule has 4 N–H and O–H groups in total. The van der Waals surface area contributed by atoms with Crippen LogP contribution in [0.15, 0.2) is 72.8 Å². The summed E-state index contributed by atoms with van der Waals surface area (Å²) in [6.07, 6.45) is 1.62. The van der Waals surface area contributed by atoms with Gasteiger partial charge in [-0.25, -0.2) is 4.79 Å². The van der Waals surface area contributed by atoms with Gasteiger partial charge in [0.25, 0.3) is 0 Å². The first-order valence-electron chi connectivity index (χ1n) is 14.6. The minimum atomic E-state index is -2.74. The van der Waals surface area contributed by atoms with Crippen molar-refractivity contribution in [3.8, 4) is 16.2 Å². The van der Waals surface area contributed by atoms with E-state index >= 15 is 0 Å². The second-order valence-corrected chi connectivity index (χ2v) is 12.4. The first-order valence-corrected chi connectivity index (χ1v) is 15.8. The van der Waals surface area contributed by atoms with Crippen molar-refractivity contribution in [1.82, 2.24) is 4.90 Å². The number of carboxylic acid groups (broad SMARTS) is 3. The summed E-state index contributed by atoms with van der Waals surface area (Å²) in [5.41, 5.74) is -0.326. The maximum Gasteiger partial charge on any atom is 0.336 e. The molecule has 0 radical (unpaired) electrons. The van der Waals surface area contributed by atoms with Crippen molar-refractivity contribution in [2.75, 3.05) is 26.2 Å². The van der Waals surface area contributed by atoms with Crippen molar-refractivity contribution < 1.29 is 44.3 Å². The number of halogens is 1. The largest absolute Gasteiger partial charge is 0.492 e. The molecule has 2 heterocycles. The molecule has 0 unspecified atom stereocenters. The summed E-state index contributed by atoms with van der Waals surface area (Å²) in [6, 6.07) is 23.3. The van der Waals surface area contributed by atoms with Gasteiger partial charge in [0.1, 0.15) is 12.4 Å². The lowest BCUT2D eigenvalue weighted by molar-refractivity contribution is -0.170. The topological polar surface area (TPSA) is 162 Å². The Hall–Kier alpha value is -4.29.